The third kappa shape index (κ3) is 3.18. The van der Waals surface area contributed by atoms with E-state index in [1.165, 1.54) is 5.69 Å². The lowest BCUT2D eigenvalue weighted by Crippen LogP contribution is -2.46. The normalized spacial score (nSPS) is 17.3. The Morgan fingerprint density at radius 3 is 2.61 bits per heavy atom. The van der Waals surface area contributed by atoms with Crippen LogP contribution in [0.1, 0.15) is 0 Å². The van der Waals surface area contributed by atoms with Gasteiger partial charge >= 0.3 is 0 Å². The molecule has 1 aliphatic heterocycles. The SMILES string of the molecule is COc1ccccc1N1CCN(CC=CCl)CC1. The van der Waals surface area contributed by atoms with Gasteiger partial charge in [0.15, 0.2) is 0 Å². The maximum atomic E-state index is 5.55. The Kier molecular flexibility index (Phi) is 4.90. The molecule has 4 heteroatoms. The topological polar surface area (TPSA) is 15.7 Å². The van der Waals surface area contributed by atoms with Crippen LogP contribution < -0.4 is 9.64 Å². The van der Waals surface area contributed by atoms with Crippen molar-refractivity contribution in [2.24, 2.45) is 0 Å². The van der Waals surface area contributed by atoms with Crippen LogP contribution in [0, 0.1) is 0 Å². The monoisotopic (exact) mass is 266 g/mol. The molecule has 1 fully saturated rings. The second-order valence-electron chi connectivity index (χ2n) is 4.32. The van der Waals surface area contributed by atoms with E-state index >= 15 is 0 Å². The molecule has 0 spiro atoms. The number of benzene rings is 1. The Balaban J connectivity index is 1.96. The summed E-state index contributed by atoms with van der Waals surface area (Å²) in [7, 11) is 1.72. The first-order valence-electron chi connectivity index (χ1n) is 6.20. The van der Waals surface area contributed by atoms with Gasteiger partial charge in [-0.05, 0) is 12.1 Å². The van der Waals surface area contributed by atoms with Gasteiger partial charge in [0.2, 0.25) is 0 Å². The van der Waals surface area contributed by atoms with Crippen LogP contribution >= 0.6 is 11.6 Å². The average molecular weight is 267 g/mol. The summed E-state index contributed by atoms with van der Waals surface area (Å²) < 4.78 is 5.41. The molecule has 0 radical (unpaired) electrons. The number of piperazine rings is 1. The molecule has 2 rings (SSSR count). The molecule has 0 aliphatic carbocycles. The van der Waals surface area contributed by atoms with Gasteiger partial charge in [0.1, 0.15) is 5.75 Å². The standard InChI is InChI=1S/C14H19ClN2O/c1-18-14-6-3-2-5-13(14)17-11-9-16(10-12-17)8-4-7-15/h2-7H,8-12H2,1H3. The van der Waals surface area contributed by atoms with E-state index in [2.05, 4.69) is 21.9 Å². The molecule has 1 aromatic carbocycles. The van der Waals surface area contributed by atoms with Gasteiger partial charge in [-0.25, -0.2) is 0 Å². The van der Waals surface area contributed by atoms with Crippen molar-refractivity contribution in [3.8, 4) is 5.75 Å². The minimum atomic E-state index is 0.934. The molecule has 0 bridgehead atoms. The van der Waals surface area contributed by atoms with Crippen molar-refractivity contribution < 1.29 is 4.74 Å². The largest absolute Gasteiger partial charge is 0.495 e. The molecular weight excluding hydrogens is 248 g/mol. The van der Waals surface area contributed by atoms with Crippen molar-refractivity contribution >= 4 is 17.3 Å². The fourth-order valence-electron chi connectivity index (χ4n) is 2.25. The zero-order valence-corrected chi connectivity index (χ0v) is 11.4. The van der Waals surface area contributed by atoms with Gasteiger partial charge in [0.05, 0.1) is 12.8 Å². The molecule has 0 unspecified atom stereocenters. The van der Waals surface area contributed by atoms with Crippen LogP contribution in [0.25, 0.3) is 0 Å². The Morgan fingerprint density at radius 1 is 1.22 bits per heavy atom. The van der Waals surface area contributed by atoms with Crippen molar-refractivity contribution in [1.29, 1.82) is 0 Å². The van der Waals surface area contributed by atoms with Crippen LogP contribution in [0.15, 0.2) is 35.9 Å². The maximum absolute atomic E-state index is 5.55. The minimum Gasteiger partial charge on any atom is -0.495 e. The summed E-state index contributed by atoms with van der Waals surface area (Å²) in [6.45, 7) is 5.09. The number of anilines is 1. The summed E-state index contributed by atoms with van der Waals surface area (Å²) in [6.07, 6.45) is 1.99. The first kappa shape index (κ1) is 13.2. The van der Waals surface area contributed by atoms with E-state index in [4.69, 9.17) is 16.3 Å². The van der Waals surface area contributed by atoms with E-state index in [0.29, 0.717) is 0 Å². The summed E-state index contributed by atoms with van der Waals surface area (Å²) >= 11 is 5.55. The number of hydrogen-bond donors (Lipinski definition) is 0. The van der Waals surface area contributed by atoms with Gasteiger partial charge in [-0.3, -0.25) is 4.90 Å². The van der Waals surface area contributed by atoms with Crippen LogP contribution in [-0.2, 0) is 0 Å². The smallest absolute Gasteiger partial charge is 0.142 e. The molecule has 1 heterocycles. The molecule has 0 aromatic heterocycles. The van der Waals surface area contributed by atoms with E-state index < -0.39 is 0 Å². The van der Waals surface area contributed by atoms with Gasteiger partial charge in [-0.2, -0.15) is 0 Å². The van der Waals surface area contributed by atoms with Crippen LogP contribution in [0.5, 0.6) is 5.75 Å². The zero-order valence-electron chi connectivity index (χ0n) is 10.7. The van der Waals surface area contributed by atoms with Gasteiger partial charge in [-0.15, -0.1) is 0 Å². The second-order valence-corrected chi connectivity index (χ2v) is 4.57. The number of ether oxygens (including phenoxy) is 1. The summed E-state index contributed by atoms with van der Waals surface area (Å²) in [5, 5.41) is 0. The highest BCUT2D eigenvalue weighted by Gasteiger charge is 2.18. The second kappa shape index (κ2) is 6.66. The molecule has 1 aliphatic rings. The van der Waals surface area contributed by atoms with Crippen LogP contribution in [0.2, 0.25) is 0 Å². The molecule has 0 N–H and O–H groups in total. The van der Waals surface area contributed by atoms with Crippen LogP contribution in [-0.4, -0.2) is 44.7 Å². The third-order valence-corrected chi connectivity index (χ3v) is 3.43. The molecule has 3 nitrogen and oxygen atoms in total. The number of hydrogen-bond acceptors (Lipinski definition) is 3. The zero-order chi connectivity index (χ0) is 12.8. The first-order chi connectivity index (χ1) is 8.85. The quantitative estimate of drug-likeness (QED) is 0.833. The molecule has 18 heavy (non-hydrogen) atoms. The predicted molar refractivity (Wildman–Crippen MR) is 76.6 cm³/mol. The molecule has 0 saturated carbocycles. The van der Waals surface area contributed by atoms with Crippen LogP contribution in [0.3, 0.4) is 0 Å². The molecular formula is C14H19ClN2O. The van der Waals surface area contributed by atoms with E-state index in [9.17, 15) is 0 Å². The van der Waals surface area contributed by atoms with Crippen molar-refractivity contribution in [2.75, 3.05) is 44.7 Å². The summed E-state index contributed by atoms with van der Waals surface area (Å²) in [6, 6.07) is 8.19. The van der Waals surface area contributed by atoms with E-state index in [0.717, 1.165) is 38.5 Å². The fraction of sp³-hybridized carbons (Fsp3) is 0.429. The molecule has 98 valence electrons. The lowest BCUT2D eigenvalue weighted by atomic mass is 10.2. The highest BCUT2D eigenvalue weighted by Crippen LogP contribution is 2.28. The van der Waals surface area contributed by atoms with Crippen molar-refractivity contribution in [1.82, 2.24) is 4.90 Å². The lowest BCUT2D eigenvalue weighted by Gasteiger charge is -2.36. The van der Waals surface area contributed by atoms with E-state index in [1.807, 2.05) is 18.2 Å². The van der Waals surface area contributed by atoms with Gasteiger partial charge in [0.25, 0.3) is 0 Å². The van der Waals surface area contributed by atoms with E-state index in [-0.39, 0.29) is 0 Å². The number of nitrogens with zero attached hydrogens (tertiary/aromatic N) is 2. The number of methoxy groups -OCH3 is 1. The van der Waals surface area contributed by atoms with Crippen molar-refractivity contribution in [2.45, 2.75) is 0 Å². The lowest BCUT2D eigenvalue weighted by molar-refractivity contribution is 0.283. The third-order valence-electron chi connectivity index (χ3n) is 3.25. The molecule has 0 amide bonds. The van der Waals surface area contributed by atoms with Crippen LogP contribution in [0.4, 0.5) is 5.69 Å². The Bertz CT molecular complexity index is 401. The summed E-state index contributed by atoms with van der Waals surface area (Å²) in [4.78, 5) is 4.77. The van der Waals surface area contributed by atoms with Gasteiger partial charge < -0.3 is 9.64 Å². The average Bonchev–Trinajstić information content (AvgIpc) is 2.45. The summed E-state index contributed by atoms with van der Waals surface area (Å²) in [5.41, 5.74) is 2.78. The van der Waals surface area contributed by atoms with Gasteiger partial charge in [-0.1, -0.05) is 29.8 Å². The fourth-order valence-corrected chi connectivity index (χ4v) is 2.33. The minimum absolute atomic E-state index is 0.934. The van der Waals surface area contributed by atoms with E-state index in [1.54, 1.807) is 12.6 Å². The molecule has 0 atom stereocenters. The Morgan fingerprint density at radius 2 is 1.94 bits per heavy atom. The first-order valence-corrected chi connectivity index (χ1v) is 6.64. The number of para-hydroxylation sites is 2. The number of halogens is 1. The Labute approximate surface area is 114 Å². The highest BCUT2D eigenvalue weighted by molar-refractivity contribution is 6.25. The Hall–Kier alpha value is -1.19. The summed E-state index contributed by atoms with van der Waals surface area (Å²) in [5.74, 6) is 0.951. The molecule has 1 aromatic rings. The van der Waals surface area contributed by atoms with Crippen molar-refractivity contribution in [3.05, 3.63) is 35.9 Å². The van der Waals surface area contributed by atoms with Gasteiger partial charge in [0, 0.05) is 38.3 Å². The predicted octanol–water partition coefficient (Wildman–Crippen LogP) is 2.57. The highest BCUT2D eigenvalue weighted by atomic mass is 35.5. The maximum Gasteiger partial charge on any atom is 0.142 e. The van der Waals surface area contributed by atoms with Crippen molar-refractivity contribution in [3.63, 3.8) is 0 Å². The molecule has 1 saturated heterocycles. The number of rotatable bonds is 4.